The number of nitrogens with zero attached hydrogens (tertiary/aromatic N) is 1. The van der Waals surface area contributed by atoms with Crippen LogP contribution in [-0.2, 0) is 22.6 Å². The highest BCUT2D eigenvalue weighted by Gasteiger charge is 2.39. The average Bonchev–Trinajstić information content (AvgIpc) is 3.38. The second-order valence-corrected chi connectivity index (χ2v) is 11.2. The first-order valence-corrected chi connectivity index (χ1v) is 14.3. The summed E-state index contributed by atoms with van der Waals surface area (Å²) in [5.41, 5.74) is 2.11. The highest BCUT2D eigenvalue weighted by Crippen LogP contribution is 2.34. The number of aromatic nitrogens is 2. The number of nitrogens with one attached hydrogen (secondary N) is 3. The molecule has 0 radical (unpaired) electrons. The Labute approximate surface area is 239 Å². The lowest BCUT2D eigenvalue weighted by molar-refractivity contribution is -0.128. The van der Waals surface area contributed by atoms with Crippen LogP contribution in [-0.4, -0.2) is 27.5 Å². The number of hydrogen-bond acceptors (Lipinski definition) is 4. The van der Waals surface area contributed by atoms with Crippen molar-refractivity contribution in [3.63, 3.8) is 0 Å². The van der Waals surface area contributed by atoms with Crippen molar-refractivity contribution in [1.29, 1.82) is 0 Å². The molecule has 7 nitrogen and oxygen atoms in total. The monoisotopic (exact) mass is 558 g/mol. The van der Waals surface area contributed by atoms with E-state index >= 15 is 0 Å². The molecule has 2 heterocycles. The molecule has 3 N–H and O–H groups in total. The molecule has 0 spiro atoms. The largest absolute Gasteiger partial charge is 0.445 e. The van der Waals surface area contributed by atoms with Crippen molar-refractivity contribution in [2.45, 2.75) is 63.6 Å². The molecule has 0 saturated heterocycles. The number of carbonyl (C=O) groups is 2. The van der Waals surface area contributed by atoms with Crippen LogP contribution >= 0.6 is 11.6 Å². The Bertz CT molecular complexity index is 1450. The number of rotatable bonds is 9. The number of H-pyrrole nitrogens is 1. The molecule has 5 rings (SSSR count). The molecule has 1 aliphatic carbocycles. The molecule has 40 heavy (non-hydrogen) atoms. The first-order chi connectivity index (χ1) is 19.4. The van der Waals surface area contributed by atoms with E-state index in [1.54, 1.807) is 25.3 Å². The van der Waals surface area contributed by atoms with Gasteiger partial charge in [0.2, 0.25) is 5.91 Å². The Kier molecular flexibility index (Phi) is 8.70. The van der Waals surface area contributed by atoms with Crippen LogP contribution in [0.2, 0.25) is 5.02 Å². The van der Waals surface area contributed by atoms with Gasteiger partial charge in [-0.05, 0) is 55.5 Å². The number of carbonyl (C=O) groups excluding carboxylic acids is 2. The maximum Gasteiger partial charge on any atom is 0.408 e. The maximum absolute atomic E-state index is 14.2. The zero-order chi connectivity index (χ0) is 28.0. The third-order valence-corrected chi connectivity index (χ3v) is 8.20. The summed E-state index contributed by atoms with van der Waals surface area (Å²) in [6.45, 7) is 1.74. The number of halogens is 1. The van der Waals surface area contributed by atoms with Gasteiger partial charge in [0, 0.05) is 40.3 Å². The van der Waals surface area contributed by atoms with Crippen molar-refractivity contribution < 1.29 is 14.3 Å². The minimum absolute atomic E-state index is 0.00503. The zero-order valence-electron chi connectivity index (χ0n) is 22.7. The van der Waals surface area contributed by atoms with E-state index in [-0.39, 0.29) is 30.9 Å². The first kappa shape index (κ1) is 27.7. The van der Waals surface area contributed by atoms with Gasteiger partial charge in [0.1, 0.15) is 12.1 Å². The molecule has 8 heteroatoms. The predicted molar refractivity (Wildman–Crippen MR) is 157 cm³/mol. The lowest BCUT2D eigenvalue weighted by Crippen LogP contribution is -2.59. The summed E-state index contributed by atoms with van der Waals surface area (Å²) in [4.78, 5) is 35.2. The number of pyridine rings is 1. The van der Waals surface area contributed by atoms with Crippen LogP contribution in [0.15, 0.2) is 79.1 Å². The molecule has 2 aromatic heterocycles. The SMILES string of the molecule is C[C@@](Cc1c[nH]c2ccccc12)(NC(=O)OCc1ccccc1Cl)C(=O)NC(c1ccccn1)C1CCCCC1. The van der Waals surface area contributed by atoms with E-state index in [0.717, 1.165) is 47.8 Å². The Balaban J connectivity index is 1.41. The van der Waals surface area contributed by atoms with E-state index in [4.69, 9.17) is 16.3 Å². The Morgan fingerprint density at radius 1 is 1.02 bits per heavy atom. The van der Waals surface area contributed by atoms with E-state index in [1.807, 2.05) is 60.8 Å². The highest BCUT2D eigenvalue weighted by molar-refractivity contribution is 6.31. The van der Waals surface area contributed by atoms with Crippen LogP contribution in [0.1, 0.15) is 61.9 Å². The Morgan fingerprint density at radius 2 is 1.77 bits per heavy atom. The van der Waals surface area contributed by atoms with Crippen molar-refractivity contribution in [1.82, 2.24) is 20.6 Å². The van der Waals surface area contributed by atoms with E-state index in [0.29, 0.717) is 10.6 Å². The minimum atomic E-state index is -1.30. The second-order valence-electron chi connectivity index (χ2n) is 10.8. The quantitative estimate of drug-likeness (QED) is 0.208. The van der Waals surface area contributed by atoms with Crippen molar-refractivity contribution in [3.8, 4) is 0 Å². The fourth-order valence-corrected chi connectivity index (χ4v) is 5.81. The number of aromatic amines is 1. The van der Waals surface area contributed by atoms with Crippen LogP contribution in [0.4, 0.5) is 4.79 Å². The third-order valence-electron chi connectivity index (χ3n) is 7.83. The van der Waals surface area contributed by atoms with Crippen LogP contribution in [0.25, 0.3) is 10.9 Å². The van der Waals surface area contributed by atoms with Crippen LogP contribution in [0.5, 0.6) is 0 Å². The molecule has 0 aliphatic heterocycles. The maximum atomic E-state index is 14.2. The van der Waals surface area contributed by atoms with Gasteiger partial charge in [-0.3, -0.25) is 9.78 Å². The van der Waals surface area contributed by atoms with Gasteiger partial charge in [-0.2, -0.15) is 0 Å². The van der Waals surface area contributed by atoms with E-state index in [9.17, 15) is 9.59 Å². The smallest absolute Gasteiger partial charge is 0.408 e. The number of alkyl carbamates (subject to hydrolysis) is 1. The number of benzene rings is 2. The molecule has 0 bridgehead atoms. The molecule has 1 fully saturated rings. The van der Waals surface area contributed by atoms with Crippen molar-refractivity contribution in [2.24, 2.45) is 5.92 Å². The molecule has 1 unspecified atom stereocenters. The van der Waals surface area contributed by atoms with Gasteiger partial charge in [0.05, 0.1) is 11.7 Å². The summed E-state index contributed by atoms with van der Waals surface area (Å²) in [6, 6.07) is 20.6. The Hall–Kier alpha value is -3.84. The lowest BCUT2D eigenvalue weighted by atomic mass is 9.81. The summed E-state index contributed by atoms with van der Waals surface area (Å²) < 4.78 is 5.53. The zero-order valence-corrected chi connectivity index (χ0v) is 23.4. The van der Waals surface area contributed by atoms with Gasteiger partial charge >= 0.3 is 6.09 Å². The summed E-state index contributed by atoms with van der Waals surface area (Å²) >= 11 is 6.25. The molecule has 208 valence electrons. The van der Waals surface area contributed by atoms with Crippen LogP contribution in [0.3, 0.4) is 0 Å². The number of ether oxygens (including phenoxy) is 1. The topological polar surface area (TPSA) is 96.1 Å². The predicted octanol–water partition coefficient (Wildman–Crippen LogP) is 6.88. The summed E-state index contributed by atoms with van der Waals surface area (Å²) in [5, 5.41) is 7.70. The van der Waals surface area contributed by atoms with Crippen molar-refractivity contribution in [2.75, 3.05) is 0 Å². The number of hydrogen-bond donors (Lipinski definition) is 3. The van der Waals surface area contributed by atoms with Gasteiger partial charge in [0.25, 0.3) is 0 Å². The molecular formula is C32H35ClN4O3. The highest BCUT2D eigenvalue weighted by atomic mass is 35.5. The molecule has 1 aliphatic rings. The molecule has 2 atom stereocenters. The average molecular weight is 559 g/mol. The standard InChI is InChI=1S/C32H35ClN4O3/c1-32(19-24-20-35-27-16-8-6-14-25(24)27,37-31(39)40-21-23-13-5-7-15-26(23)33)30(38)36-29(22-11-3-2-4-12-22)28-17-9-10-18-34-28/h5-10,13-18,20,22,29,35H,2-4,11-12,19,21H2,1H3,(H,36,38)(H,37,39)/t29?,32-/m0/s1. The molecular weight excluding hydrogens is 524 g/mol. The molecule has 4 aromatic rings. The van der Waals surface area contributed by atoms with Crippen LogP contribution < -0.4 is 10.6 Å². The fraction of sp³-hybridized carbons (Fsp3) is 0.344. The van der Waals surface area contributed by atoms with Crippen molar-refractivity contribution >= 4 is 34.5 Å². The van der Waals surface area contributed by atoms with Gasteiger partial charge in [-0.15, -0.1) is 0 Å². The second kappa shape index (κ2) is 12.6. The number of amides is 2. The summed E-state index contributed by atoms with van der Waals surface area (Å²) in [7, 11) is 0. The van der Waals surface area contributed by atoms with Gasteiger partial charge in [-0.1, -0.05) is 73.3 Å². The summed E-state index contributed by atoms with van der Waals surface area (Å²) in [6.07, 6.45) is 8.73. The number of fused-ring (bicyclic) bond motifs is 1. The summed E-state index contributed by atoms with van der Waals surface area (Å²) in [5.74, 6) is -0.00851. The molecule has 2 amide bonds. The minimum Gasteiger partial charge on any atom is -0.445 e. The van der Waals surface area contributed by atoms with Crippen LogP contribution in [0, 0.1) is 5.92 Å². The van der Waals surface area contributed by atoms with E-state index in [2.05, 4.69) is 20.6 Å². The third kappa shape index (κ3) is 6.48. The van der Waals surface area contributed by atoms with Crippen molar-refractivity contribution in [3.05, 3.63) is 101 Å². The normalized spacial score (nSPS) is 16.1. The van der Waals surface area contributed by atoms with Gasteiger partial charge < -0.3 is 20.4 Å². The fourth-order valence-electron chi connectivity index (χ4n) is 5.62. The lowest BCUT2D eigenvalue weighted by Gasteiger charge is -2.35. The van der Waals surface area contributed by atoms with E-state index < -0.39 is 11.6 Å². The van der Waals surface area contributed by atoms with Gasteiger partial charge in [-0.25, -0.2) is 4.79 Å². The molecule has 1 saturated carbocycles. The van der Waals surface area contributed by atoms with E-state index in [1.165, 1.54) is 6.42 Å². The number of para-hydroxylation sites is 1. The first-order valence-electron chi connectivity index (χ1n) is 13.9. The van der Waals surface area contributed by atoms with Gasteiger partial charge in [0.15, 0.2) is 0 Å². The molecule has 2 aromatic carbocycles. The Morgan fingerprint density at radius 3 is 2.55 bits per heavy atom.